The SMILES string of the molecule is Cc1oc(C#N)cc1C(=O)NC[C@@H]1C[C@H](O)CN1Cc1ccccc1. The van der Waals surface area contributed by atoms with E-state index in [2.05, 4.69) is 22.3 Å². The third-order valence-corrected chi connectivity index (χ3v) is 4.51. The Bertz CT molecular complexity index is 779. The van der Waals surface area contributed by atoms with Crippen molar-refractivity contribution < 1.29 is 14.3 Å². The number of hydrogen-bond acceptors (Lipinski definition) is 5. The largest absolute Gasteiger partial charge is 0.450 e. The molecule has 130 valence electrons. The maximum atomic E-state index is 12.3. The predicted molar refractivity (Wildman–Crippen MR) is 91.8 cm³/mol. The van der Waals surface area contributed by atoms with Crippen LogP contribution in [0.5, 0.6) is 0 Å². The number of nitrogens with one attached hydrogen (secondary N) is 1. The first-order valence-electron chi connectivity index (χ1n) is 8.31. The molecule has 0 radical (unpaired) electrons. The number of amides is 1. The Balaban J connectivity index is 1.61. The molecule has 2 N–H and O–H groups in total. The van der Waals surface area contributed by atoms with Crippen LogP contribution in [0.4, 0.5) is 0 Å². The summed E-state index contributed by atoms with van der Waals surface area (Å²) in [4.78, 5) is 14.5. The van der Waals surface area contributed by atoms with Crippen LogP contribution in [0.25, 0.3) is 0 Å². The summed E-state index contributed by atoms with van der Waals surface area (Å²) in [6, 6.07) is 13.5. The summed E-state index contributed by atoms with van der Waals surface area (Å²) in [6.45, 7) is 3.44. The number of benzene rings is 1. The average Bonchev–Trinajstić information content (AvgIpc) is 3.16. The monoisotopic (exact) mass is 339 g/mol. The molecule has 0 unspecified atom stereocenters. The fourth-order valence-electron chi connectivity index (χ4n) is 3.25. The number of β-amino-alcohol motifs (C(OH)–C–C–N with tert-alkyl or cyclic N) is 1. The molecule has 6 heteroatoms. The van der Waals surface area contributed by atoms with E-state index in [0.29, 0.717) is 30.8 Å². The van der Waals surface area contributed by atoms with Gasteiger partial charge in [-0.1, -0.05) is 30.3 Å². The minimum Gasteiger partial charge on any atom is -0.450 e. The van der Waals surface area contributed by atoms with Gasteiger partial charge in [-0.05, 0) is 18.9 Å². The van der Waals surface area contributed by atoms with Crippen molar-refractivity contribution in [3.8, 4) is 6.07 Å². The van der Waals surface area contributed by atoms with E-state index < -0.39 is 0 Å². The first kappa shape index (κ1) is 17.2. The smallest absolute Gasteiger partial charge is 0.254 e. The zero-order valence-corrected chi connectivity index (χ0v) is 14.1. The van der Waals surface area contributed by atoms with E-state index in [0.717, 1.165) is 6.54 Å². The number of nitriles is 1. The predicted octanol–water partition coefficient (Wildman–Crippen LogP) is 1.82. The molecule has 1 fully saturated rings. The Hall–Kier alpha value is -2.62. The maximum absolute atomic E-state index is 12.3. The molecule has 1 aromatic carbocycles. The molecule has 1 saturated heterocycles. The number of furan rings is 1. The van der Waals surface area contributed by atoms with Crippen molar-refractivity contribution in [1.29, 1.82) is 5.26 Å². The summed E-state index contributed by atoms with van der Waals surface area (Å²) in [5.41, 5.74) is 1.56. The lowest BCUT2D eigenvalue weighted by atomic mass is 10.1. The van der Waals surface area contributed by atoms with Gasteiger partial charge in [0.15, 0.2) is 0 Å². The van der Waals surface area contributed by atoms with Crippen molar-refractivity contribution in [3.63, 3.8) is 0 Å². The normalized spacial score (nSPS) is 20.4. The number of hydrogen-bond donors (Lipinski definition) is 2. The molecule has 6 nitrogen and oxygen atoms in total. The molecular weight excluding hydrogens is 318 g/mol. The quantitative estimate of drug-likeness (QED) is 0.867. The Labute approximate surface area is 146 Å². The van der Waals surface area contributed by atoms with Crippen LogP contribution in [-0.4, -0.2) is 41.1 Å². The van der Waals surface area contributed by atoms with E-state index in [1.165, 1.54) is 11.6 Å². The topological polar surface area (TPSA) is 89.5 Å². The molecule has 25 heavy (non-hydrogen) atoms. The molecular formula is C19H21N3O3. The Morgan fingerprint density at radius 2 is 2.20 bits per heavy atom. The Kier molecular flexibility index (Phi) is 5.17. The molecule has 0 bridgehead atoms. The zero-order chi connectivity index (χ0) is 17.8. The van der Waals surface area contributed by atoms with Crippen LogP contribution in [0.1, 0.15) is 33.9 Å². The summed E-state index contributed by atoms with van der Waals surface area (Å²) in [5, 5.41) is 21.8. The van der Waals surface area contributed by atoms with E-state index in [4.69, 9.17) is 9.68 Å². The minimum absolute atomic E-state index is 0.0711. The highest BCUT2D eigenvalue weighted by atomic mass is 16.3. The van der Waals surface area contributed by atoms with Gasteiger partial charge in [0.25, 0.3) is 5.91 Å². The lowest BCUT2D eigenvalue weighted by Crippen LogP contribution is -2.39. The third kappa shape index (κ3) is 4.08. The highest BCUT2D eigenvalue weighted by molar-refractivity contribution is 5.95. The van der Waals surface area contributed by atoms with Gasteiger partial charge < -0.3 is 14.8 Å². The zero-order valence-electron chi connectivity index (χ0n) is 14.1. The molecule has 1 aliphatic heterocycles. The van der Waals surface area contributed by atoms with E-state index in [9.17, 15) is 9.90 Å². The van der Waals surface area contributed by atoms with Crippen LogP contribution in [-0.2, 0) is 6.54 Å². The fraction of sp³-hybridized carbons (Fsp3) is 0.368. The number of aliphatic hydroxyl groups is 1. The summed E-state index contributed by atoms with van der Waals surface area (Å²) in [6.07, 6.45) is 0.243. The van der Waals surface area contributed by atoms with E-state index in [1.807, 2.05) is 24.3 Å². The van der Waals surface area contributed by atoms with Crippen molar-refractivity contribution in [2.75, 3.05) is 13.1 Å². The van der Waals surface area contributed by atoms with Crippen molar-refractivity contribution in [3.05, 3.63) is 59.0 Å². The van der Waals surface area contributed by atoms with Gasteiger partial charge >= 0.3 is 0 Å². The van der Waals surface area contributed by atoms with Gasteiger partial charge in [-0.25, -0.2) is 0 Å². The second-order valence-electron chi connectivity index (χ2n) is 6.36. The van der Waals surface area contributed by atoms with Gasteiger partial charge in [-0.3, -0.25) is 9.69 Å². The lowest BCUT2D eigenvalue weighted by Gasteiger charge is -2.24. The molecule has 3 rings (SSSR count). The number of carbonyl (C=O) groups is 1. The van der Waals surface area contributed by atoms with Crippen molar-refractivity contribution in [2.45, 2.75) is 32.0 Å². The van der Waals surface area contributed by atoms with Gasteiger partial charge in [-0.2, -0.15) is 5.26 Å². The van der Waals surface area contributed by atoms with Crippen LogP contribution in [0.2, 0.25) is 0 Å². The fourth-order valence-corrected chi connectivity index (χ4v) is 3.25. The van der Waals surface area contributed by atoms with Crippen LogP contribution in [0.15, 0.2) is 40.8 Å². The Morgan fingerprint density at radius 1 is 1.44 bits per heavy atom. The first-order chi connectivity index (χ1) is 12.1. The van der Waals surface area contributed by atoms with Gasteiger partial charge in [0.1, 0.15) is 11.8 Å². The number of carbonyl (C=O) groups excluding carboxylic acids is 1. The number of nitrogens with zero attached hydrogens (tertiary/aromatic N) is 2. The standard InChI is InChI=1S/C19H21N3O3/c1-13-18(8-17(9-20)25-13)19(24)21-10-15-7-16(23)12-22(15)11-14-5-3-2-4-6-14/h2-6,8,15-16,23H,7,10-12H2,1H3,(H,21,24)/t15-,16-/m0/s1. The third-order valence-electron chi connectivity index (χ3n) is 4.51. The summed E-state index contributed by atoms with van der Waals surface area (Å²) >= 11 is 0. The minimum atomic E-state index is -0.383. The molecule has 1 aromatic heterocycles. The highest BCUT2D eigenvalue weighted by Crippen LogP contribution is 2.20. The first-order valence-corrected chi connectivity index (χ1v) is 8.31. The molecule has 0 saturated carbocycles. The van der Waals surface area contributed by atoms with Crippen LogP contribution < -0.4 is 5.32 Å². The maximum Gasteiger partial charge on any atom is 0.254 e. The molecule has 2 heterocycles. The molecule has 1 amide bonds. The van der Waals surface area contributed by atoms with Gasteiger partial charge in [0.05, 0.1) is 11.7 Å². The summed E-state index contributed by atoms with van der Waals surface area (Å²) in [5.74, 6) is 0.301. The van der Waals surface area contributed by atoms with E-state index in [-0.39, 0.29) is 23.8 Å². The van der Waals surface area contributed by atoms with Gasteiger partial charge in [-0.15, -0.1) is 0 Å². The number of rotatable bonds is 5. The average molecular weight is 339 g/mol. The number of aliphatic hydroxyl groups excluding tert-OH is 1. The number of aryl methyl sites for hydroxylation is 1. The Morgan fingerprint density at radius 3 is 2.88 bits per heavy atom. The second kappa shape index (κ2) is 7.51. The summed E-state index contributed by atoms with van der Waals surface area (Å²) < 4.78 is 5.20. The number of likely N-dealkylation sites (tertiary alicyclic amines) is 1. The highest BCUT2D eigenvalue weighted by Gasteiger charge is 2.31. The lowest BCUT2D eigenvalue weighted by molar-refractivity contribution is 0.0938. The van der Waals surface area contributed by atoms with Crippen molar-refractivity contribution >= 4 is 5.91 Å². The summed E-state index contributed by atoms with van der Waals surface area (Å²) in [7, 11) is 0. The van der Waals surface area contributed by atoms with Gasteiger partial charge in [0.2, 0.25) is 5.76 Å². The van der Waals surface area contributed by atoms with Gasteiger partial charge in [0, 0.05) is 31.7 Å². The molecule has 2 atom stereocenters. The van der Waals surface area contributed by atoms with Crippen molar-refractivity contribution in [1.82, 2.24) is 10.2 Å². The molecule has 0 aliphatic carbocycles. The van der Waals surface area contributed by atoms with E-state index >= 15 is 0 Å². The van der Waals surface area contributed by atoms with Crippen molar-refractivity contribution in [2.24, 2.45) is 0 Å². The van der Waals surface area contributed by atoms with Crippen LogP contribution in [0, 0.1) is 18.3 Å². The van der Waals surface area contributed by atoms with Crippen LogP contribution in [0.3, 0.4) is 0 Å². The second-order valence-corrected chi connectivity index (χ2v) is 6.36. The molecule has 1 aliphatic rings. The van der Waals surface area contributed by atoms with Crippen LogP contribution >= 0.6 is 0 Å². The molecule has 0 spiro atoms. The van der Waals surface area contributed by atoms with E-state index in [1.54, 1.807) is 6.92 Å². The molecule has 2 aromatic rings.